The fourth-order valence-corrected chi connectivity index (χ4v) is 4.34. The van der Waals surface area contributed by atoms with Crippen molar-refractivity contribution >= 4 is 29.2 Å². The van der Waals surface area contributed by atoms with Crippen LogP contribution in [0.2, 0.25) is 5.02 Å². The first kappa shape index (κ1) is 20.5. The summed E-state index contributed by atoms with van der Waals surface area (Å²) in [5.74, 6) is -2.55. The van der Waals surface area contributed by atoms with Crippen LogP contribution in [-0.2, 0) is 11.3 Å². The molecule has 2 aromatic rings. The number of benzene rings is 2. The van der Waals surface area contributed by atoms with Gasteiger partial charge in [-0.15, -0.1) is 0 Å². The SMILES string of the molecule is O=C1C2CCCC2N(C(=O)Nc2ccc(F)c(Cl)c2)CN1Cc1ccc(F)cc1F. The third-order valence-corrected chi connectivity index (χ3v) is 5.93. The number of urea groups is 1. The van der Waals surface area contributed by atoms with Crippen molar-refractivity contribution in [1.82, 2.24) is 9.80 Å². The monoisotopic (exact) mass is 437 g/mol. The van der Waals surface area contributed by atoms with E-state index in [1.165, 1.54) is 28.0 Å². The van der Waals surface area contributed by atoms with Crippen molar-refractivity contribution in [3.05, 3.63) is 64.4 Å². The molecule has 1 heterocycles. The van der Waals surface area contributed by atoms with Gasteiger partial charge in [0.2, 0.25) is 5.91 Å². The number of amides is 3. The van der Waals surface area contributed by atoms with Crippen molar-refractivity contribution in [2.75, 3.05) is 12.0 Å². The molecule has 1 N–H and O–H groups in total. The summed E-state index contributed by atoms with van der Waals surface area (Å²) in [7, 11) is 0. The van der Waals surface area contributed by atoms with Crippen molar-refractivity contribution in [1.29, 1.82) is 0 Å². The summed E-state index contributed by atoms with van der Waals surface area (Å²) in [6.07, 6.45) is 2.12. The summed E-state index contributed by atoms with van der Waals surface area (Å²) in [6.45, 7) is -0.0993. The molecule has 158 valence electrons. The third kappa shape index (κ3) is 3.96. The van der Waals surface area contributed by atoms with Crippen molar-refractivity contribution in [2.24, 2.45) is 5.92 Å². The van der Waals surface area contributed by atoms with Gasteiger partial charge in [0.1, 0.15) is 17.5 Å². The lowest BCUT2D eigenvalue weighted by molar-refractivity contribution is -0.145. The van der Waals surface area contributed by atoms with Crippen LogP contribution in [-0.4, -0.2) is 34.4 Å². The number of nitrogens with one attached hydrogen (secondary N) is 1. The van der Waals surface area contributed by atoms with E-state index < -0.39 is 23.5 Å². The van der Waals surface area contributed by atoms with E-state index >= 15 is 0 Å². The summed E-state index contributed by atoms with van der Waals surface area (Å²) in [5.41, 5.74) is 0.501. The van der Waals surface area contributed by atoms with Gasteiger partial charge in [0.15, 0.2) is 0 Å². The second kappa shape index (κ2) is 8.18. The summed E-state index contributed by atoms with van der Waals surface area (Å²) in [5, 5.41) is 2.57. The average molecular weight is 438 g/mol. The molecular weight excluding hydrogens is 419 g/mol. The van der Waals surface area contributed by atoms with E-state index in [4.69, 9.17) is 11.6 Å². The van der Waals surface area contributed by atoms with E-state index in [1.807, 2.05) is 0 Å². The smallest absolute Gasteiger partial charge is 0.320 e. The zero-order valence-corrected chi connectivity index (χ0v) is 16.6. The van der Waals surface area contributed by atoms with Crippen LogP contribution < -0.4 is 5.32 Å². The second-order valence-electron chi connectivity index (χ2n) is 7.55. The molecule has 0 aromatic heterocycles. The molecule has 5 nitrogen and oxygen atoms in total. The van der Waals surface area contributed by atoms with Crippen molar-refractivity contribution < 1.29 is 22.8 Å². The Hall–Kier alpha value is -2.74. The van der Waals surface area contributed by atoms with Gasteiger partial charge in [-0.1, -0.05) is 24.1 Å². The minimum Gasteiger partial charge on any atom is -0.320 e. The predicted molar refractivity (Wildman–Crippen MR) is 105 cm³/mol. The highest BCUT2D eigenvalue weighted by Crippen LogP contribution is 2.36. The molecule has 2 aromatic carbocycles. The summed E-state index contributed by atoms with van der Waals surface area (Å²) < 4.78 is 40.7. The molecule has 0 spiro atoms. The molecule has 0 bridgehead atoms. The maximum atomic E-state index is 14.1. The summed E-state index contributed by atoms with van der Waals surface area (Å²) >= 11 is 5.78. The fourth-order valence-electron chi connectivity index (χ4n) is 4.16. The topological polar surface area (TPSA) is 52.7 Å². The molecule has 1 saturated carbocycles. The van der Waals surface area contributed by atoms with E-state index in [-0.39, 0.29) is 41.7 Å². The van der Waals surface area contributed by atoms with Crippen LogP contribution in [0.15, 0.2) is 36.4 Å². The van der Waals surface area contributed by atoms with Gasteiger partial charge in [-0.25, -0.2) is 18.0 Å². The fraction of sp³-hybridized carbons (Fsp3) is 0.333. The van der Waals surface area contributed by atoms with Gasteiger partial charge in [0.05, 0.1) is 24.2 Å². The standard InChI is InChI=1S/C21H19ClF3N3O2/c22-16-9-14(6-7-17(16)24)26-21(30)28-11-27(20(29)15-2-1-3-19(15)28)10-12-4-5-13(23)8-18(12)25/h4-9,15,19H,1-3,10-11H2,(H,26,30). The summed E-state index contributed by atoms with van der Waals surface area (Å²) in [4.78, 5) is 28.8. The first-order valence-corrected chi connectivity index (χ1v) is 9.96. The molecule has 4 rings (SSSR count). The lowest BCUT2D eigenvalue weighted by Crippen LogP contribution is -2.59. The van der Waals surface area contributed by atoms with E-state index in [9.17, 15) is 22.8 Å². The Morgan fingerprint density at radius 2 is 1.90 bits per heavy atom. The number of fused-ring (bicyclic) bond motifs is 1. The molecule has 3 amide bonds. The zero-order valence-electron chi connectivity index (χ0n) is 15.9. The Morgan fingerprint density at radius 1 is 1.10 bits per heavy atom. The molecule has 1 aliphatic heterocycles. The Morgan fingerprint density at radius 3 is 2.63 bits per heavy atom. The number of hydrogen-bond donors (Lipinski definition) is 1. The lowest BCUT2D eigenvalue weighted by Gasteiger charge is -2.43. The quantitative estimate of drug-likeness (QED) is 0.752. The first-order valence-electron chi connectivity index (χ1n) is 9.59. The number of anilines is 1. The predicted octanol–water partition coefficient (Wildman–Crippen LogP) is 4.76. The number of nitrogens with zero attached hydrogens (tertiary/aromatic N) is 2. The minimum absolute atomic E-state index is 0.0302. The number of hydrogen-bond acceptors (Lipinski definition) is 2. The van der Waals surface area contributed by atoms with E-state index in [0.29, 0.717) is 18.5 Å². The van der Waals surface area contributed by atoms with Gasteiger partial charge in [0.25, 0.3) is 0 Å². The van der Waals surface area contributed by atoms with E-state index in [0.717, 1.165) is 24.6 Å². The maximum absolute atomic E-state index is 14.1. The Labute approximate surface area is 176 Å². The highest BCUT2D eigenvalue weighted by atomic mass is 35.5. The van der Waals surface area contributed by atoms with Gasteiger partial charge < -0.3 is 15.1 Å². The Kier molecular flexibility index (Phi) is 5.60. The molecular formula is C21H19ClF3N3O2. The van der Waals surface area contributed by atoms with Crippen LogP contribution in [0.3, 0.4) is 0 Å². The number of carbonyl (C=O) groups excluding carboxylic acids is 2. The molecule has 0 radical (unpaired) electrons. The van der Waals surface area contributed by atoms with Crippen LogP contribution >= 0.6 is 11.6 Å². The average Bonchev–Trinajstić information content (AvgIpc) is 3.19. The minimum atomic E-state index is -0.742. The molecule has 2 aliphatic rings. The Bertz CT molecular complexity index is 1000. The number of halogens is 4. The van der Waals surface area contributed by atoms with Crippen molar-refractivity contribution in [2.45, 2.75) is 31.8 Å². The zero-order chi connectivity index (χ0) is 21.4. The van der Waals surface area contributed by atoms with Crippen molar-refractivity contribution in [3.63, 3.8) is 0 Å². The van der Waals surface area contributed by atoms with Gasteiger partial charge in [0, 0.05) is 23.4 Å². The summed E-state index contributed by atoms with van der Waals surface area (Å²) in [6, 6.07) is 6.34. The van der Waals surface area contributed by atoms with Crippen molar-refractivity contribution in [3.8, 4) is 0 Å². The normalized spacial score (nSPS) is 21.0. The maximum Gasteiger partial charge on any atom is 0.323 e. The third-order valence-electron chi connectivity index (χ3n) is 5.64. The van der Waals surface area contributed by atoms with E-state index in [2.05, 4.69) is 5.32 Å². The van der Waals surface area contributed by atoms with Crippen LogP contribution in [0.1, 0.15) is 24.8 Å². The molecule has 2 atom stereocenters. The van der Waals surface area contributed by atoms with Gasteiger partial charge in [-0.3, -0.25) is 4.79 Å². The van der Waals surface area contributed by atoms with Crippen LogP contribution in [0.5, 0.6) is 0 Å². The molecule has 1 aliphatic carbocycles. The molecule has 2 fully saturated rings. The van der Waals surface area contributed by atoms with Crippen LogP contribution in [0, 0.1) is 23.4 Å². The molecule has 30 heavy (non-hydrogen) atoms. The first-order chi connectivity index (χ1) is 14.3. The van der Waals surface area contributed by atoms with Crippen LogP contribution in [0.25, 0.3) is 0 Å². The second-order valence-corrected chi connectivity index (χ2v) is 7.95. The van der Waals surface area contributed by atoms with Gasteiger partial charge in [-0.05, 0) is 37.1 Å². The molecule has 2 unspecified atom stereocenters. The highest BCUT2D eigenvalue weighted by molar-refractivity contribution is 6.31. The number of carbonyl (C=O) groups is 2. The largest absolute Gasteiger partial charge is 0.323 e. The number of rotatable bonds is 3. The molecule has 9 heteroatoms. The highest BCUT2D eigenvalue weighted by Gasteiger charge is 2.45. The van der Waals surface area contributed by atoms with Gasteiger partial charge in [-0.2, -0.15) is 0 Å². The van der Waals surface area contributed by atoms with Gasteiger partial charge >= 0.3 is 6.03 Å². The lowest BCUT2D eigenvalue weighted by atomic mass is 9.97. The Balaban J connectivity index is 1.55. The molecule has 1 saturated heterocycles. The van der Waals surface area contributed by atoms with E-state index in [1.54, 1.807) is 0 Å². The van der Waals surface area contributed by atoms with Crippen LogP contribution in [0.4, 0.5) is 23.7 Å².